The minimum atomic E-state index is -0.206. The van der Waals surface area contributed by atoms with E-state index < -0.39 is 0 Å². The van der Waals surface area contributed by atoms with Gasteiger partial charge in [-0.3, -0.25) is 9.69 Å². The van der Waals surface area contributed by atoms with Gasteiger partial charge in [0.15, 0.2) is 5.78 Å². The molecule has 0 aromatic heterocycles. The summed E-state index contributed by atoms with van der Waals surface area (Å²) in [5, 5.41) is 8.88. The van der Waals surface area contributed by atoms with Crippen molar-refractivity contribution in [2.24, 2.45) is 0 Å². The molecule has 0 radical (unpaired) electrons. The first-order valence-electron chi connectivity index (χ1n) is 5.90. The molecule has 0 aliphatic carbocycles. The Morgan fingerprint density at radius 2 is 2.06 bits per heavy atom. The molecular weight excluding hydrogens is 214 g/mol. The summed E-state index contributed by atoms with van der Waals surface area (Å²) in [6.07, 6.45) is 0. The van der Waals surface area contributed by atoms with Crippen molar-refractivity contribution in [2.45, 2.75) is 26.8 Å². The number of carbonyl (C=O) groups excluding carboxylic acids is 1. The van der Waals surface area contributed by atoms with E-state index in [4.69, 9.17) is 5.11 Å². The van der Waals surface area contributed by atoms with Crippen molar-refractivity contribution in [1.82, 2.24) is 4.90 Å². The molecule has 0 saturated heterocycles. The third-order valence-electron chi connectivity index (χ3n) is 3.15. The van der Waals surface area contributed by atoms with E-state index in [9.17, 15) is 4.79 Å². The number of aryl methyl sites for hydroxylation is 2. The molecule has 0 aliphatic rings. The zero-order chi connectivity index (χ0) is 13.0. The van der Waals surface area contributed by atoms with E-state index in [0.717, 1.165) is 16.7 Å². The van der Waals surface area contributed by atoms with Crippen LogP contribution in [0.5, 0.6) is 0 Å². The number of benzene rings is 1. The van der Waals surface area contributed by atoms with E-state index in [1.54, 1.807) is 0 Å². The molecular formula is C14H21NO2. The van der Waals surface area contributed by atoms with E-state index in [1.807, 2.05) is 50.9 Å². The van der Waals surface area contributed by atoms with Gasteiger partial charge >= 0.3 is 0 Å². The Morgan fingerprint density at radius 3 is 2.65 bits per heavy atom. The summed E-state index contributed by atoms with van der Waals surface area (Å²) in [6.45, 7) is 6.39. The number of hydrogen-bond donors (Lipinski definition) is 1. The van der Waals surface area contributed by atoms with Gasteiger partial charge in [-0.2, -0.15) is 0 Å². The molecule has 1 N–H and O–H groups in total. The van der Waals surface area contributed by atoms with Gasteiger partial charge in [-0.25, -0.2) is 0 Å². The smallest absolute Gasteiger partial charge is 0.179 e. The van der Waals surface area contributed by atoms with Gasteiger partial charge in [-0.1, -0.05) is 17.7 Å². The molecule has 0 fully saturated rings. The van der Waals surface area contributed by atoms with E-state index in [0.29, 0.717) is 6.54 Å². The van der Waals surface area contributed by atoms with Crippen LogP contribution in [0.2, 0.25) is 0 Å². The van der Waals surface area contributed by atoms with Gasteiger partial charge in [0.05, 0.1) is 12.6 Å². The number of Topliss-reactive ketones (excluding diaryl/α,β-unsaturated/α-hetero) is 1. The highest BCUT2D eigenvalue weighted by atomic mass is 16.3. The zero-order valence-electron chi connectivity index (χ0n) is 11.0. The molecule has 0 saturated carbocycles. The number of aliphatic hydroxyl groups excluding tert-OH is 1. The summed E-state index contributed by atoms with van der Waals surface area (Å²) in [7, 11) is 1.85. The number of ketones is 1. The highest BCUT2D eigenvalue weighted by molar-refractivity contribution is 6.01. The molecule has 1 aromatic rings. The monoisotopic (exact) mass is 235 g/mol. The maximum absolute atomic E-state index is 12.3. The van der Waals surface area contributed by atoms with Crippen LogP contribution < -0.4 is 0 Å². The second-order valence-electron chi connectivity index (χ2n) is 4.56. The normalized spacial score (nSPS) is 12.8. The lowest BCUT2D eigenvalue weighted by Crippen LogP contribution is -2.38. The van der Waals surface area contributed by atoms with Gasteiger partial charge in [0.1, 0.15) is 0 Å². The highest BCUT2D eigenvalue weighted by Crippen LogP contribution is 2.14. The lowest BCUT2D eigenvalue weighted by Gasteiger charge is -2.23. The molecule has 1 aromatic carbocycles. The fourth-order valence-electron chi connectivity index (χ4n) is 1.78. The van der Waals surface area contributed by atoms with Gasteiger partial charge in [0, 0.05) is 12.1 Å². The number of likely N-dealkylation sites (N-methyl/N-ethyl adjacent to an activating group) is 1. The molecule has 0 bridgehead atoms. The molecule has 3 heteroatoms. The Balaban J connectivity index is 2.92. The number of nitrogens with zero attached hydrogens (tertiary/aromatic N) is 1. The maximum atomic E-state index is 12.3. The van der Waals surface area contributed by atoms with Crippen molar-refractivity contribution in [2.75, 3.05) is 20.2 Å². The molecule has 1 unspecified atom stereocenters. The first-order chi connectivity index (χ1) is 7.97. The average molecular weight is 235 g/mol. The minimum absolute atomic E-state index is 0.0704. The molecule has 0 spiro atoms. The summed E-state index contributed by atoms with van der Waals surface area (Å²) in [4.78, 5) is 14.2. The first kappa shape index (κ1) is 13.9. The minimum Gasteiger partial charge on any atom is -0.395 e. The second kappa shape index (κ2) is 5.94. The average Bonchev–Trinajstić information content (AvgIpc) is 2.30. The lowest BCUT2D eigenvalue weighted by atomic mass is 9.98. The maximum Gasteiger partial charge on any atom is 0.179 e. The van der Waals surface area contributed by atoms with Crippen molar-refractivity contribution >= 4 is 5.78 Å². The van der Waals surface area contributed by atoms with Crippen LogP contribution in [-0.2, 0) is 0 Å². The van der Waals surface area contributed by atoms with Crippen molar-refractivity contribution < 1.29 is 9.90 Å². The van der Waals surface area contributed by atoms with Crippen LogP contribution in [-0.4, -0.2) is 42.0 Å². The largest absolute Gasteiger partial charge is 0.395 e. The van der Waals surface area contributed by atoms with E-state index >= 15 is 0 Å². The molecule has 1 rings (SSSR count). The summed E-state index contributed by atoms with van der Waals surface area (Å²) in [6, 6.07) is 5.71. The number of rotatable bonds is 5. The van der Waals surface area contributed by atoms with Gasteiger partial charge < -0.3 is 5.11 Å². The van der Waals surface area contributed by atoms with Crippen LogP contribution in [0.3, 0.4) is 0 Å². The van der Waals surface area contributed by atoms with E-state index in [1.165, 1.54) is 0 Å². The van der Waals surface area contributed by atoms with E-state index in [-0.39, 0.29) is 18.4 Å². The third kappa shape index (κ3) is 3.38. The fourth-order valence-corrected chi connectivity index (χ4v) is 1.78. The SMILES string of the molecule is Cc1ccc(C)c(C(=O)C(C)N(C)CCO)c1. The van der Waals surface area contributed by atoms with Gasteiger partial charge in [0.2, 0.25) is 0 Å². The van der Waals surface area contributed by atoms with Crippen LogP contribution in [0.25, 0.3) is 0 Å². The van der Waals surface area contributed by atoms with Crippen LogP contribution in [0.4, 0.5) is 0 Å². The van der Waals surface area contributed by atoms with E-state index in [2.05, 4.69) is 0 Å². The van der Waals surface area contributed by atoms with Crippen molar-refractivity contribution in [1.29, 1.82) is 0 Å². The third-order valence-corrected chi connectivity index (χ3v) is 3.15. The van der Waals surface area contributed by atoms with Crippen LogP contribution >= 0.6 is 0 Å². The Bertz CT molecular complexity index is 401. The van der Waals surface area contributed by atoms with Crippen molar-refractivity contribution in [3.05, 3.63) is 34.9 Å². The number of carbonyl (C=O) groups is 1. The van der Waals surface area contributed by atoms with Crippen molar-refractivity contribution in [3.8, 4) is 0 Å². The summed E-state index contributed by atoms with van der Waals surface area (Å²) in [5.41, 5.74) is 2.88. The topological polar surface area (TPSA) is 40.5 Å². The Kier molecular flexibility index (Phi) is 4.85. The van der Waals surface area contributed by atoms with Gasteiger partial charge in [0.25, 0.3) is 0 Å². The van der Waals surface area contributed by atoms with Gasteiger partial charge in [-0.15, -0.1) is 0 Å². The van der Waals surface area contributed by atoms with Crippen LogP contribution in [0.1, 0.15) is 28.4 Å². The molecule has 3 nitrogen and oxygen atoms in total. The van der Waals surface area contributed by atoms with Crippen molar-refractivity contribution in [3.63, 3.8) is 0 Å². The van der Waals surface area contributed by atoms with Gasteiger partial charge in [-0.05, 0) is 39.4 Å². The summed E-state index contributed by atoms with van der Waals surface area (Å²) >= 11 is 0. The molecule has 17 heavy (non-hydrogen) atoms. The lowest BCUT2D eigenvalue weighted by molar-refractivity contribution is 0.0848. The van der Waals surface area contributed by atoms with Crippen LogP contribution in [0.15, 0.2) is 18.2 Å². The summed E-state index contributed by atoms with van der Waals surface area (Å²) in [5.74, 6) is 0.113. The molecule has 0 aliphatic heterocycles. The number of hydrogen-bond acceptors (Lipinski definition) is 3. The summed E-state index contributed by atoms with van der Waals surface area (Å²) < 4.78 is 0. The molecule has 0 heterocycles. The Morgan fingerprint density at radius 1 is 1.41 bits per heavy atom. The predicted molar refractivity (Wildman–Crippen MR) is 69.4 cm³/mol. The standard InChI is InChI=1S/C14H21NO2/c1-10-5-6-11(2)13(9-10)14(17)12(3)15(4)7-8-16/h5-6,9,12,16H,7-8H2,1-4H3. The Hall–Kier alpha value is -1.19. The molecule has 0 amide bonds. The zero-order valence-corrected chi connectivity index (χ0v) is 11.0. The fraction of sp³-hybridized carbons (Fsp3) is 0.500. The molecule has 94 valence electrons. The highest BCUT2D eigenvalue weighted by Gasteiger charge is 2.20. The second-order valence-corrected chi connectivity index (χ2v) is 4.56. The quantitative estimate of drug-likeness (QED) is 0.791. The van der Waals surface area contributed by atoms with Crippen LogP contribution in [0, 0.1) is 13.8 Å². The first-order valence-corrected chi connectivity index (χ1v) is 5.90. The number of aliphatic hydroxyl groups is 1. The predicted octanol–water partition coefficient (Wildman–Crippen LogP) is 1.80. The molecule has 1 atom stereocenters. The Labute approximate surface area is 103 Å².